The van der Waals surface area contributed by atoms with Crippen molar-refractivity contribution in [2.75, 3.05) is 6.54 Å². The lowest BCUT2D eigenvalue weighted by atomic mass is 10.1. The molecule has 0 unspecified atom stereocenters. The molecule has 112 valence electrons. The van der Waals surface area contributed by atoms with Crippen LogP contribution < -0.4 is 5.32 Å². The molecular formula is C17H14F2N2O. The minimum atomic E-state index is -0.368. The number of fused-ring (bicyclic) bond motifs is 1. The molecule has 2 aromatic carbocycles. The molecule has 0 aliphatic carbocycles. The molecule has 0 aliphatic heterocycles. The van der Waals surface area contributed by atoms with Crippen molar-refractivity contribution >= 4 is 16.8 Å². The summed E-state index contributed by atoms with van der Waals surface area (Å²) in [4.78, 5) is 14.9. The minimum absolute atomic E-state index is 0.296. The Hall–Kier alpha value is -2.69. The number of amides is 1. The zero-order chi connectivity index (χ0) is 15.5. The summed E-state index contributed by atoms with van der Waals surface area (Å²) in [5.41, 5.74) is 1.69. The van der Waals surface area contributed by atoms with E-state index in [4.69, 9.17) is 0 Å². The van der Waals surface area contributed by atoms with E-state index < -0.39 is 0 Å². The van der Waals surface area contributed by atoms with E-state index in [2.05, 4.69) is 10.3 Å². The number of nitrogens with one attached hydrogen (secondary N) is 2. The summed E-state index contributed by atoms with van der Waals surface area (Å²) in [6.45, 7) is 0.375. The van der Waals surface area contributed by atoms with Gasteiger partial charge in [0, 0.05) is 17.4 Å². The van der Waals surface area contributed by atoms with Crippen molar-refractivity contribution in [3.63, 3.8) is 0 Å². The fourth-order valence-electron chi connectivity index (χ4n) is 2.35. The molecule has 22 heavy (non-hydrogen) atoms. The van der Waals surface area contributed by atoms with Gasteiger partial charge in [0.1, 0.15) is 17.3 Å². The summed E-state index contributed by atoms with van der Waals surface area (Å²) < 4.78 is 26.6. The number of hydrogen-bond acceptors (Lipinski definition) is 1. The fourth-order valence-corrected chi connectivity index (χ4v) is 2.35. The molecule has 2 N–H and O–H groups in total. The molecular weight excluding hydrogens is 286 g/mol. The lowest BCUT2D eigenvalue weighted by Crippen LogP contribution is -2.25. The first kappa shape index (κ1) is 14.3. The average Bonchev–Trinajstić information content (AvgIpc) is 2.93. The second-order valence-corrected chi connectivity index (χ2v) is 5.02. The van der Waals surface area contributed by atoms with Crippen LogP contribution in [0, 0.1) is 11.6 Å². The van der Waals surface area contributed by atoms with Crippen molar-refractivity contribution < 1.29 is 13.6 Å². The Morgan fingerprint density at radius 3 is 2.68 bits per heavy atom. The van der Waals surface area contributed by atoms with Gasteiger partial charge in [-0.2, -0.15) is 0 Å². The summed E-state index contributed by atoms with van der Waals surface area (Å²) >= 11 is 0. The molecule has 3 nitrogen and oxygen atoms in total. The molecule has 5 heteroatoms. The maximum absolute atomic E-state index is 13.6. The number of carbonyl (C=O) groups excluding carboxylic acids is 1. The van der Waals surface area contributed by atoms with E-state index in [0.29, 0.717) is 29.6 Å². The van der Waals surface area contributed by atoms with Gasteiger partial charge in [0.2, 0.25) is 0 Å². The topological polar surface area (TPSA) is 44.9 Å². The van der Waals surface area contributed by atoms with Gasteiger partial charge in [-0.3, -0.25) is 4.79 Å². The Labute approximate surface area is 126 Å². The second-order valence-electron chi connectivity index (χ2n) is 5.02. The average molecular weight is 300 g/mol. The van der Waals surface area contributed by atoms with E-state index in [-0.39, 0.29) is 17.5 Å². The van der Waals surface area contributed by atoms with Gasteiger partial charge < -0.3 is 10.3 Å². The molecule has 3 aromatic rings. The van der Waals surface area contributed by atoms with E-state index in [1.807, 2.05) is 0 Å². The van der Waals surface area contributed by atoms with Crippen LogP contribution in [0.25, 0.3) is 10.9 Å². The number of carbonyl (C=O) groups is 1. The first-order chi connectivity index (χ1) is 10.6. The molecule has 0 atom stereocenters. The van der Waals surface area contributed by atoms with Crippen molar-refractivity contribution in [2.24, 2.45) is 0 Å². The summed E-state index contributed by atoms with van der Waals surface area (Å²) in [6, 6.07) is 12.4. The lowest BCUT2D eigenvalue weighted by Gasteiger charge is -2.04. The van der Waals surface area contributed by atoms with Crippen LogP contribution in [0.15, 0.2) is 48.5 Å². The van der Waals surface area contributed by atoms with Crippen LogP contribution >= 0.6 is 0 Å². The van der Waals surface area contributed by atoms with E-state index in [0.717, 1.165) is 5.56 Å². The van der Waals surface area contributed by atoms with Crippen LogP contribution in [0.3, 0.4) is 0 Å². The van der Waals surface area contributed by atoms with Gasteiger partial charge in [-0.15, -0.1) is 0 Å². The van der Waals surface area contributed by atoms with E-state index in [1.165, 1.54) is 24.3 Å². The van der Waals surface area contributed by atoms with Gasteiger partial charge in [-0.05, 0) is 42.3 Å². The fraction of sp³-hybridized carbons (Fsp3) is 0.118. The highest BCUT2D eigenvalue weighted by molar-refractivity contribution is 5.98. The van der Waals surface area contributed by atoms with Crippen molar-refractivity contribution in [1.82, 2.24) is 10.3 Å². The molecule has 0 aliphatic rings. The van der Waals surface area contributed by atoms with Crippen LogP contribution in [-0.2, 0) is 6.42 Å². The van der Waals surface area contributed by atoms with Crippen LogP contribution in [0.2, 0.25) is 0 Å². The van der Waals surface area contributed by atoms with Crippen molar-refractivity contribution in [3.05, 3.63) is 71.4 Å². The van der Waals surface area contributed by atoms with Crippen LogP contribution in [0.1, 0.15) is 16.1 Å². The number of benzene rings is 2. The second kappa shape index (κ2) is 5.97. The molecule has 0 saturated heterocycles. The van der Waals surface area contributed by atoms with Gasteiger partial charge in [0.25, 0.3) is 5.91 Å². The third-order valence-corrected chi connectivity index (χ3v) is 3.44. The SMILES string of the molecule is O=C(NCCc1cccc(F)c1)c1cc2c(F)cccc2[nH]1. The molecule has 0 spiro atoms. The normalized spacial score (nSPS) is 10.8. The smallest absolute Gasteiger partial charge is 0.267 e. The molecule has 0 radical (unpaired) electrons. The maximum atomic E-state index is 13.6. The predicted octanol–water partition coefficient (Wildman–Crippen LogP) is 3.42. The van der Waals surface area contributed by atoms with Crippen molar-refractivity contribution in [2.45, 2.75) is 6.42 Å². The summed E-state index contributed by atoms with van der Waals surface area (Å²) in [5, 5.41) is 3.12. The number of aromatic nitrogens is 1. The number of rotatable bonds is 4. The molecule has 0 fully saturated rings. The molecule has 1 aromatic heterocycles. The zero-order valence-electron chi connectivity index (χ0n) is 11.7. The standard InChI is InChI=1S/C17H14F2N2O/c18-12-4-1-3-11(9-12)7-8-20-17(22)16-10-13-14(19)5-2-6-15(13)21-16/h1-6,9-10,21H,7-8H2,(H,20,22). The first-order valence-corrected chi connectivity index (χ1v) is 6.93. The summed E-state index contributed by atoms with van der Waals surface area (Å²) in [7, 11) is 0. The van der Waals surface area contributed by atoms with Gasteiger partial charge in [0.15, 0.2) is 0 Å². The van der Waals surface area contributed by atoms with Crippen molar-refractivity contribution in [1.29, 1.82) is 0 Å². The Kier molecular flexibility index (Phi) is 3.87. The maximum Gasteiger partial charge on any atom is 0.267 e. The van der Waals surface area contributed by atoms with Gasteiger partial charge >= 0.3 is 0 Å². The van der Waals surface area contributed by atoms with Crippen LogP contribution in [0.5, 0.6) is 0 Å². The van der Waals surface area contributed by atoms with Crippen LogP contribution in [0.4, 0.5) is 8.78 Å². The Morgan fingerprint density at radius 1 is 1.09 bits per heavy atom. The zero-order valence-corrected chi connectivity index (χ0v) is 11.7. The third-order valence-electron chi connectivity index (χ3n) is 3.44. The summed E-state index contributed by atoms with van der Waals surface area (Å²) in [5.74, 6) is -0.977. The third kappa shape index (κ3) is 2.98. The number of H-pyrrole nitrogens is 1. The van der Waals surface area contributed by atoms with Gasteiger partial charge in [0.05, 0.1) is 0 Å². The van der Waals surface area contributed by atoms with E-state index >= 15 is 0 Å². The van der Waals surface area contributed by atoms with Gasteiger partial charge in [-0.1, -0.05) is 18.2 Å². The largest absolute Gasteiger partial charge is 0.350 e. The predicted molar refractivity (Wildman–Crippen MR) is 80.7 cm³/mol. The number of halogens is 2. The Balaban J connectivity index is 1.65. The Bertz CT molecular complexity index is 826. The highest BCUT2D eigenvalue weighted by Crippen LogP contribution is 2.18. The lowest BCUT2D eigenvalue weighted by molar-refractivity contribution is 0.0950. The molecule has 0 bridgehead atoms. The molecule has 1 amide bonds. The number of aromatic amines is 1. The quantitative estimate of drug-likeness (QED) is 0.762. The van der Waals surface area contributed by atoms with Gasteiger partial charge in [-0.25, -0.2) is 8.78 Å². The molecule has 0 saturated carbocycles. The van der Waals surface area contributed by atoms with Crippen molar-refractivity contribution in [3.8, 4) is 0 Å². The van der Waals surface area contributed by atoms with E-state index in [9.17, 15) is 13.6 Å². The summed E-state index contributed by atoms with van der Waals surface area (Å²) in [6.07, 6.45) is 0.526. The Morgan fingerprint density at radius 2 is 1.91 bits per heavy atom. The highest BCUT2D eigenvalue weighted by Gasteiger charge is 2.11. The minimum Gasteiger partial charge on any atom is -0.350 e. The first-order valence-electron chi connectivity index (χ1n) is 6.93. The number of hydrogen-bond donors (Lipinski definition) is 2. The molecule has 3 rings (SSSR count). The van der Waals surface area contributed by atoms with Crippen LogP contribution in [-0.4, -0.2) is 17.4 Å². The van der Waals surface area contributed by atoms with E-state index in [1.54, 1.807) is 24.3 Å². The molecule has 1 heterocycles. The monoisotopic (exact) mass is 300 g/mol. The highest BCUT2D eigenvalue weighted by atomic mass is 19.1.